The third-order valence-electron chi connectivity index (χ3n) is 19.9. The zero-order chi connectivity index (χ0) is 82.7. The van der Waals surface area contributed by atoms with E-state index in [-0.39, 0.29) is 10.3 Å². The number of alkyl halides is 2. The highest BCUT2D eigenvalue weighted by Gasteiger charge is 2.62. The number of rotatable bonds is 21. The Balaban J connectivity index is 0.827. The molecule has 0 aliphatic carbocycles. The average molecular weight is 1690 g/mol. The number of carbonyl (C=O) groups is 3. The maximum absolute atomic E-state index is 14.9. The van der Waals surface area contributed by atoms with Crippen molar-refractivity contribution in [2.75, 3.05) is 76.7 Å². The highest BCUT2D eigenvalue weighted by atomic mass is 32.2. The molecule has 22 saturated heterocycles. The van der Waals surface area contributed by atoms with Gasteiger partial charge in [-0.3, -0.25) is 23.5 Å². The number of ether oxygens (including phenoxy) is 16. The Hall–Kier alpha value is -3.83. The summed E-state index contributed by atoms with van der Waals surface area (Å²) in [5.41, 5.74) is -1.47. The molecule has 39 atom stereocenters. The second-order valence-electron chi connectivity index (χ2n) is 27.5. The minimum Gasteiger partial charge on any atom is -0.456 e. The lowest BCUT2D eigenvalue weighted by atomic mass is 9.95. The van der Waals surface area contributed by atoms with Gasteiger partial charge in [0.2, 0.25) is 12.1 Å². The molecule has 22 fully saturated rings. The largest absolute Gasteiger partial charge is 0.469 e. The lowest BCUT2D eigenvalue weighted by Crippen LogP contribution is -2.68. The van der Waals surface area contributed by atoms with Gasteiger partial charge in [0.05, 0.1) is 64.3 Å². The van der Waals surface area contributed by atoms with Crippen LogP contribution in [0.3, 0.4) is 0 Å². The van der Waals surface area contributed by atoms with Gasteiger partial charge in [-0.1, -0.05) is 0 Å². The Kier molecular flexibility index (Phi) is 31.7. The van der Waals surface area contributed by atoms with Gasteiger partial charge in [-0.15, -0.1) is 0 Å². The molecule has 648 valence electrons. The third kappa shape index (κ3) is 20.5. The summed E-state index contributed by atoms with van der Waals surface area (Å²) >= 11 is 0.844. The van der Waals surface area contributed by atoms with E-state index in [0.717, 1.165) is 17.8 Å². The molecule has 1 aromatic rings. The first-order valence-electron chi connectivity index (χ1n) is 35.1. The molecule has 25 N–H and O–H groups in total. The number of aliphatic hydroxyl groups excluding tert-OH is 20. The van der Waals surface area contributed by atoms with Crippen molar-refractivity contribution in [2.45, 2.75) is 259 Å². The van der Waals surface area contributed by atoms with Gasteiger partial charge in [0.15, 0.2) is 56.7 Å². The molecular weight excluding hydrogens is 1600 g/mol. The molecule has 53 heteroatoms. The van der Waals surface area contributed by atoms with E-state index in [1.54, 1.807) is 0 Å². The number of likely N-dealkylation sites (N-methyl/N-ethyl adjacent to an activating group) is 1. The number of anilines is 1. The minimum atomic E-state index is -5.19. The summed E-state index contributed by atoms with van der Waals surface area (Å²) in [6.07, 6.45) is -78.5. The molecule has 49 nitrogen and oxygen atoms in total. The number of aromatic nitrogens is 2. The molecule has 14 bridgehead atoms. The second-order valence-corrected chi connectivity index (χ2v) is 29.8. The number of aliphatic hydroxyl groups is 20. The number of hydrogen-bond donors (Lipinski definition) is 25. The van der Waals surface area contributed by atoms with Crippen molar-refractivity contribution in [3.05, 3.63) is 22.7 Å². The van der Waals surface area contributed by atoms with Crippen molar-refractivity contribution in [2.24, 2.45) is 0 Å². The number of phosphoric acid groups is 1. The summed E-state index contributed by atoms with van der Waals surface area (Å²) in [5, 5.41) is 232. The molecule has 113 heavy (non-hydrogen) atoms. The molecule has 22 aliphatic rings. The van der Waals surface area contributed by atoms with Crippen LogP contribution in [0, 0.1) is 0 Å². The van der Waals surface area contributed by atoms with E-state index in [4.69, 9.17) is 85.6 Å². The predicted molar refractivity (Wildman–Crippen MR) is 349 cm³/mol. The van der Waals surface area contributed by atoms with E-state index in [9.17, 15) is 135 Å². The third-order valence-corrected chi connectivity index (χ3v) is 21.5. The Morgan fingerprint density at radius 2 is 0.885 bits per heavy atom. The molecule has 22 aliphatic heterocycles. The van der Waals surface area contributed by atoms with Crippen LogP contribution in [-0.4, -0.2) is 450 Å². The van der Waals surface area contributed by atoms with E-state index in [1.807, 2.05) is 0 Å². The van der Waals surface area contributed by atoms with Crippen molar-refractivity contribution >= 4 is 43.2 Å². The molecule has 0 saturated carbocycles. The molecular formula is C60H94F2N5O44PS. The monoisotopic (exact) mass is 1690 g/mol. The Morgan fingerprint density at radius 1 is 0.531 bits per heavy atom. The quantitative estimate of drug-likeness (QED) is 0.0401. The number of phosphoric ester groups is 1. The predicted octanol–water partition coefficient (Wildman–Crippen LogP) is -15.6. The van der Waals surface area contributed by atoms with Gasteiger partial charge in [0, 0.05) is 24.2 Å². The topological polar surface area (TPSA) is 741 Å². The fourth-order valence-electron chi connectivity index (χ4n) is 13.7. The maximum Gasteiger partial charge on any atom is 0.469 e. The first-order valence-corrected chi connectivity index (χ1v) is 37.8. The van der Waals surface area contributed by atoms with Gasteiger partial charge in [-0.05, 0) is 20.0 Å². The van der Waals surface area contributed by atoms with Gasteiger partial charge in [-0.25, -0.2) is 9.36 Å². The van der Waals surface area contributed by atoms with Crippen molar-refractivity contribution in [1.82, 2.24) is 20.2 Å². The molecule has 1 aromatic heterocycles. The summed E-state index contributed by atoms with van der Waals surface area (Å²) in [6, 6.07) is -0.342. The van der Waals surface area contributed by atoms with Gasteiger partial charge >= 0.3 is 25.4 Å². The molecule has 0 aromatic carbocycles. The summed E-state index contributed by atoms with van der Waals surface area (Å²) in [6.45, 7) is -6.88. The number of amides is 2. The standard InChI is InChI=1S/C60H94F2N5O44PS/c1-16-42-28(75)35(82)51(97-16)106-43-18(7-68)99-53(37(84)30(43)77)109-46-21(10-71)102-56(40(87)33(46)80)111-48-24(15-113-14-17(63-2)50(90)64-5-3-27(74)95-13-26(73)65-25-4-6-67(59(91)66-25)58-60(61,62)49(89)23(104-58)12-96-112(92,93)94)103-57(41(88)34(48)81)110-47-22(11-72)101-55(39(86)32(47)79)108-45-20(9-70)100-54(38(85)31(45)78)107-44-19(8-69)98-52(105-42)36(83)29(44)76/h4,6,16-24,28-49,51-58,63,68-72,75-89H,3,5,7-15H2,1-2H3,(H,64,90)(H2,92,93,94)(H,65,66,73,91)/t16?,17-,18?,19?,20?,21?,22?,23-,24?,28-,29-,30-,31-,32-,33-,34-,35?,36?,37?,38?,39?,40?,41?,42+,43-,44-,45-,46-,47-,48-,49-,51-,52+,53+,54-,55-,56+,57+,58-/m1/s1. The number of nitrogens with zero attached hydrogens (tertiary/aromatic N) is 2. The van der Waals surface area contributed by atoms with Gasteiger partial charge in [0.25, 0.3) is 5.91 Å². The van der Waals surface area contributed by atoms with Crippen molar-refractivity contribution in [1.29, 1.82) is 0 Å². The first-order chi connectivity index (χ1) is 53.4. The molecule has 14 unspecified atom stereocenters. The first kappa shape index (κ1) is 91.5. The van der Waals surface area contributed by atoms with Crippen LogP contribution in [0.1, 0.15) is 19.6 Å². The lowest BCUT2D eigenvalue weighted by Gasteiger charge is -2.50. The number of halogens is 2. The van der Waals surface area contributed by atoms with E-state index < -0.39 is 347 Å². The summed E-state index contributed by atoms with van der Waals surface area (Å²) in [5.74, 6) is -8.43. The van der Waals surface area contributed by atoms with E-state index in [0.29, 0.717) is 6.20 Å². The maximum atomic E-state index is 14.9. The van der Waals surface area contributed by atoms with Crippen molar-refractivity contribution < 1.29 is 220 Å². The SMILES string of the molecule is CN[C@H](CSCC1O[C@H]2O[C@@H]3C(CO)O[C@H](O[C@@H]4C(CO)O[C@H](O[C@@H]5C(CO)O[C@@H](O[C@H]6C(C)O[C@H](O[C@@H]7C(CO)O[C@@H](O[C@@H]8C(CO)O[C@@H](O[C@H]1[C@H](O)C2O)C(O)[C@H]8O)C(O)[C@H]7O)C(O)[C@H]6O)C(O)[C@H]5O)C(O)[C@H]4O)C(O)[C@H]3O)C(=O)NCCC(=O)OCC(=O)Nc1ccn([C@@H]2O[C@H](COP(=O)(O)O)[C@@H](O)C2(F)F)c(=O)n1. The summed E-state index contributed by atoms with van der Waals surface area (Å²) in [7, 11) is -3.85. The zero-order valence-electron chi connectivity index (χ0n) is 59.3. The number of hydrogen-bond acceptors (Lipinski definition) is 45. The van der Waals surface area contributed by atoms with Crippen LogP contribution in [0.4, 0.5) is 14.6 Å². The highest BCUT2D eigenvalue weighted by molar-refractivity contribution is 7.99. The normalized spacial score (nSPS) is 44.9. The fraction of sp³-hybridized carbons (Fsp3) is 0.883. The van der Waals surface area contributed by atoms with Crippen LogP contribution in [0.15, 0.2) is 17.1 Å². The molecule has 0 radical (unpaired) electrons. The Bertz CT molecular complexity index is 3370. The smallest absolute Gasteiger partial charge is 0.456 e. The number of esters is 1. The van der Waals surface area contributed by atoms with E-state index in [1.165, 1.54) is 14.0 Å². The molecule has 23 rings (SSSR count). The van der Waals surface area contributed by atoms with Crippen LogP contribution in [0.2, 0.25) is 0 Å². The molecule has 0 spiro atoms. The number of nitrogens with one attached hydrogen (secondary N) is 3. The zero-order valence-corrected chi connectivity index (χ0v) is 61.0. The highest BCUT2D eigenvalue weighted by Crippen LogP contribution is 2.46. The van der Waals surface area contributed by atoms with Crippen molar-refractivity contribution in [3.8, 4) is 0 Å². The van der Waals surface area contributed by atoms with Gasteiger partial charge in [-0.2, -0.15) is 25.5 Å². The van der Waals surface area contributed by atoms with E-state index in [2.05, 4.69) is 25.5 Å². The van der Waals surface area contributed by atoms with E-state index >= 15 is 0 Å². The van der Waals surface area contributed by atoms with Crippen LogP contribution in [0.25, 0.3) is 0 Å². The lowest BCUT2D eigenvalue weighted by molar-refractivity contribution is -0.395. The Labute approximate surface area is 639 Å². The number of carbonyl (C=O) groups excluding carboxylic acids is 3. The second kappa shape index (κ2) is 39.1. The van der Waals surface area contributed by atoms with Crippen LogP contribution in [0.5, 0.6) is 0 Å². The van der Waals surface area contributed by atoms with Crippen LogP contribution < -0.4 is 21.6 Å². The van der Waals surface area contributed by atoms with Gasteiger partial charge in [0.1, 0.15) is 171 Å². The average Bonchev–Trinajstić information content (AvgIpc) is 1.75. The van der Waals surface area contributed by atoms with Gasteiger partial charge < -0.3 is 204 Å². The summed E-state index contributed by atoms with van der Waals surface area (Å²) in [4.78, 5) is 73.0. The fourth-order valence-corrected chi connectivity index (χ4v) is 15.2. The summed E-state index contributed by atoms with van der Waals surface area (Å²) < 4.78 is 137. The van der Waals surface area contributed by atoms with Crippen molar-refractivity contribution in [3.63, 3.8) is 0 Å². The van der Waals surface area contributed by atoms with Crippen LogP contribution in [-0.2, 0) is 99.3 Å². The Morgan fingerprint density at radius 3 is 1.25 bits per heavy atom. The van der Waals surface area contributed by atoms with Crippen LogP contribution >= 0.6 is 19.6 Å². The molecule has 2 amide bonds. The minimum absolute atomic E-state index is 0.213. The molecule has 23 heterocycles. The number of thioether (sulfide) groups is 1.